The average molecular weight is 288 g/mol. The van der Waals surface area contributed by atoms with Gasteiger partial charge in [-0.3, -0.25) is 4.79 Å². The van der Waals surface area contributed by atoms with Crippen molar-refractivity contribution in [3.05, 3.63) is 29.3 Å². The zero-order valence-electron chi connectivity index (χ0n) is 10.5. The van der Waals surface area contributed by atoms with E-state index in [4.69, 9.17) is 11.6 Å². The van der Waals surface area contributed by atoms with Crippen LogP contribution < -0.4 is 5.32 Å². The Morgan fingerprint density at radius 1 is 1.44 bits per heavy atom. The molecule has 18 heavy (non-hydrogen) atoms. The van der Waals surface area contributed by atoms with E-state index in [0.29, 0.717) is 17.2 Å². The lowest BCUT2D eigenvalue weighted by Crippen LogP contribution is -2.35. The van der Waals surface area contributed by atoms with Crippen LogP contribution in [0.5, 0.6) is 0 Å². The zero-order chi connectivity index (χ0) is 13.5. The molecule has 0 saturated carbocycles. The molecule has 0 heterocycles. The van der Waals surface area contributed by atoms with Crippen molar-refractivity contribution in [1.29, 1.82) is 0 Å². The summed E-state index contributed by atoms with van der Waals surface area (Å²) in [4.78, 5) is 12.6. The van der Waals surface area contributed by atoms with Crippen LogP contribution in [-0.4, -0.2) is 28.9 Å². The number of aliphatic hydroxyl groups excluding tert-OH is 1. The fourth-order valence-corrected chi connectivity index (χ4v) is 2.64. The summed E-state index contributed by atoms with van der Waals surface area (Å²) in [5, 5.41) is 12.7. The van der Waals surface area contributed by atoms with Gasteiger partial charge in [0.1, 0.15) is 0 Å². The van der Waals surface area contributed by atoms with Gasteiger partial charge >= 0.3 is 0 Å². The minimum Gasteiger partial charge on any atom is -0.393 e. The zero-order valence-corrected chi connectivity index (χ0v) is 12.1. The van der Waals surface area contributed by atoms with Crippen LogP contribution in [0.1, 0.15) is 20.3 Å². The Bertz CT molecular complexity index is 398. The molecule has 0 radical (unpaired) electrons. The number of carbonyl (C=O) groups excluding carboxylic acids is 1. The van der Waals surface area contributed by atoms with Crippen LogP contribution in [0.3, 0.4) is 0 Å². The van der Waals surface area contributed by atoms with E-state index in [2.05, 4.69) is 5.32 Å². The van der Waals surface area contributed by atoms with Crippen molar-refractivity contribution in [3.63, 3.8) is 0 Å². The highest BCUT2D eigenvalue weighted by Crippen LogP contribution is 2.26. The Kier molecular flexibility index (Phi) is 6.54. The summed E-state index contributed by atoms with van der Waals surface area (Å²) in [6.07, 6.45) is 0.152. The number of halogens is 1. The van der Waals surface area contributed by atoms with Gasteiger partial charge in [-0.2, -0.15) is 0 Å². The van der Waals surface area contributed by atoms with E-state index in [9.17, 15) is 9.90 Å². The fourth-order valence-electron chi connectivity index (χ4n) is 1.59. The predicted molar refractivity (Wildman–Crippen MR) is 76.1 cm³/mol. The number of aliphatic hydroxyl groups is 1. The number of amides is 1. The summed E-state index contributed by atoms with van der Waals surface area (Å²) in [5.74, 6) is 0.279. The van der Waals surface area contributed by atoms with E-state index in [1.54, 1.807) is 13.0 Å². The SMILES string of the molecule is CC(O)CC(C)NC(=O)CSc1ccccc1Cl. The van der Waals surface area contributed by atoms with Gasteiger partial charge in [-0.15, -0.1) is 11.8 Å². The van der Waals surface area contributed by atoms with Crippen LogP contribution in [-0.2, 0) is 4.79 Å². The fraction of sp³-hybridized carbons (Fsp3) is 0.462. The second-order valence-corrected chi connectivity index (χ2v) is 5.70. The first kappa shape index (κ1) is 15.3. The lowest BCUT2D eigenvalue weighted by Gasteiger charge is -2.15. The highest BCUT2D eigenvalue weighted by atomic mass is 35.5. The van der Waals surface area contributed by atoms with Gasteiger partial charge in [0, 0.05) is 10.9 Å². The van der Waals surface area contributed by atoms with Crippen molar-refractivity contribution in [3.8, 4) is 0 Å². The summed E-state index contributed by atoms with van der Waals surface area (Å²) in [7, 11) is 0. The minimum atomic E-state index is -0.406. The molecule has 3 nitrogen and oxygen atoms in total. The van der Waals surface area contributed by atoms with E-state index >= 15 is 0 Å². The van der Waals surface area contributed by atoms with Gasteiger partial charge in [0.2, 0.25) is 5.91 Å². The lowest BCUT2D eigenvalue weighted by atomic mass is 10.1. The first-order chi connectivity index (χ1) is 8.49. The second-order valence-electron chi connectivity index (χ2n) is 4.27. The number of nitrogens with one attached hydrogen (secondary N) is 1. The molecule has 1 amide bonds. The smallest absolute Gasteiger partial charge is 0.230 e. The van der Waals surface area contributed by atoms with Gasteiger partial charge in [0.15, 0.2) is 0 Å². The highest BCUT2D eigenvalue weighted by Gasteiger charge is 2.10. The third-order valence-electron chi connectivity index (χ3n) is 2.30. The Morgan fingerprint density at radius 3 is 2.72 bits per heavy atom. The van der Waals surface area contributed by atoms with E-state index in [-0.39, 0.29) is 11.9 Å². The molecule has 0 aliphatic carbocycles. The summed E-state index contributed by atoms with van der Waals surface area (Å²) < 4.78 is 0. The van der Waals surface area contributed by atoms with Gasteiger partial charge in [-0.25, -0.2) is 0 Å². The van der Waals surface area contributed by atoms with Crippen molar-refractivity contribution in [2.75, 3.05) is 5.75 Å². The third-order valence-corrected chi connectivity index (χ3v) is 3.81. The average Bonchev–Trinajstić information content (AvgIpc) is 2.26. The van der Waals surface area contributed by atoms with E-state index in [1.165, 1.54) is 11.8 Å². The molecule has 0 spiro atoms. The molecular weight excluding hydrogens is 270 g/mol. The van der Waals surface area contributed by atoms with E-state index in [0.717, 1.165) is 4.90 Å². The molecule has 2 atom stereocenters. The van der Waals surface area contributed by atoms with Gasteiger partial charge in [-0.1, -0.05) is 23.7 Å². The van der Waals surface area contributed by atoms with Gasteiger partial charge in [0.25, 0.3) is 0 Å². The summed E-state index contributed by atoms with van der Waals surface area (Å²) in [6.45, 7) is 3.59. The molecule has 1 aromatic rings. The van der Waals surface area contributed by atoms with Crippen LogP contribution in [0.15, 0.2) is 29.2 Å². The lowest BCUT2D eigenvalue weighted by molar-refractivity contribution is -0.119. The van der Waals surface area contributed by atoms with Gasteiger partial charge in [0.05, 0.1) is 16.9 Å². The van der Waals surface area contributed by atoms with Crippen LogP contribution >= 0.6 is 23.4 Å². The molecule has 2 unspecified atom stereocenters. The van der Waals surface area contributed by atoms with Crippen LogP contribution in [0, 0.1) is 0 Å². The molecule has 100 valence electrons. The molecule has 1 rings (SSSR count). The maximum Gasteiger partial charge on any atom is 0.230 e. The Labute approximate surface area is 117 Å². The number of thioether (sulfide) groups is 1. The molecule has 0 aromatic heterocycles. The van der Waals surface area contributed by atoms with Crippen LogP contribution in [0.4, 0.5) is 0 Å². The van der Waals surface area contributed by atoms with Crippen molar-refractivity contribution in [1.82, 2.24) is 5.32 Å². The predicted octanol–water partition coefficient (Wildman–Crippen LogP) is 2.71. The molecule has 0 fully saturated rings. The number of hydrogen-bond donors (Lipinski definition) is 2. The molecule has 0 aliphatic heterocycles. The topological polar surface area (TPSA) is 49.3 Å². The Balaban J connectivity index is 2.35. The first-order valence-electron chi connectivity index (χ1n) is 5.83. The molecule has 0 aliphatic rings. The molecule has 2 N–H and O–H groups in total. The van der Waals surface area contributed by atoms with Crippen LogP contribution in [0.2, 0.25) is 5.02 Å². The van der Waals surface area contributed by atoms with Crippen molar-refractivity contribution in [2.45, 2.75) is 37.3 Å². The molecule has 5 heteroatoms. The minimum absolute atomic E-state index is 0.0238. The number of carbonyl (C=O) groups is 1. The third kappa shape index (κ3) is 5.76. The van der Waals surface area contributed by atoms with E-state index < -0.39 is 6.10 Å². The molecule has 0 saturated heterocycles. The maximum atomic E-state index is 11.7. The van der Waals surface area contributed by atoms with Gasteiger partial charge in [-0.05, 0) is 32.4 Å². The van der Waals surface area contributed by atoms with Gasteiger partial charge < -0.3 is 10.4 Å². The summed E-state index contributed by atoms with van der Waals surface area (Å²) in [5.41, 5.74) is 0. The van der Waals surface area contributed by atoms with Crippen molar-refractivity contribution < 1.29 is 9.90 Å². The first-order valence-corrected chi connectivity index (χ1v) is 7.20. The summed E-state index contributed by atoms with van der Waals surface area (Å²) >= 11 is 7.41. The molecule has 0 bridgehead atoms. The number of hydrogen-bond acceptors (Lipinski definition) is 3. The number of benzene rings is 1. The molecular formula is C13H18ClNO2S. The van der Waals surface area contributed by atoms with E-state index in [1.807, 2.05) is 25.1 Å². The van der Waals surface area contributed by atoms with Crippen LogP contribution in [0.25, 0.3) is 0 Å². The maximum absolute atomic E-state index is 11.7. The number of rotatable bonds is 6. The summed E-state index contributed by atoms with van der Waals surface area (Å²) in [6, 6.07) is 7.42. The quantitative estimate of drug-likeness (QED) is 0.791. The van der Waals surface area contributed by atoms with Crippen molar-refractivity contribution in [2.24, 2.45) is 0 Å². The molecule has 1 aromatic carbocycles. The standard InChI is InChI=1S/C13H18ClNO2S/c1-9(7-10(2)16)15-13(17)8-18-12-6-4-3-5-11(12)14/h3-6,9-10,16H,7-8H2,1-2H3,(H,15,17). The second kappa shape index (κ2) is 7.67. The largest absolute Gasteiger partial charge is 0.393 e. The Morgan fingerprint density at radius 2 is 2.11 bits per heavy atom. The monoisotopic (exact) mass is 287 g/mol. The Hall–Kier alpha value is -0.710. The normalized spacial score (nSPS) is 14.0. The van der Waals surface area contributed by atoms with Crippen molar-refractivity contribution >= 4 is 29.3 Å². The highest BCUT2D eigenvalue weighted by molar-refractivity contribution is 8.00.